The van der Waals surface area contributed by atoms with Crippen LogP contribution >= 0.6 is 0 Å². The molecule has 2 aromatic carbocycles. The van der Waals surface area contributed by atoms with Crippen LogP contribution in [0.1, 0.15) is 62.6 Å². The van der Waals surface area contributed by atoms with E-state index in [4.69, 9.17) is 9.47 Å². The number of hydrogen-bond donors (Lipinski definition) is 1. The zero-order chi connectivity index (χ0) is 19.3. The fourth-order valence-electron chi connectivity index (χ4n) is 3.10. The molecule has 0 fully saturated rings. The van der Waals surface area contributed by atoms with Crippen LogP contribution < -0.4 is 14.8 Å². The van der Waals surface area contributed by atoms with E-state index in [1.54, 1.807) is 0 Å². The SMILES string of the molecule is CCCCCCCNCc1ccc(OCc2cccc(C)c2)c(OCC)c1. The molecule has 0 saturated heterocycles. The summed E-state index contributed by atoms with van der Waals surface area (Å²) < 4.78 is 11.8. The molecule has 3 heteroatoms. The fourth-order valence-corrected chi connectivity index (χ4v) is 3.10. The maximum Gasteiger partial charge on any atom is 0.161 e. The van der Waals surface area contributed by atoms with Crippen LogP contribution in [-0.4, -0.2) is 13.2 Å². The second-order valence-electron chi connectivity index (χ2n) is 7.08. The minimum Gasteiger partial charge on any atom is -0.490 e. The van der Waals surface area contributed by atoms with Crippen molar-refractivity contribution in [2.24, 2.45) is 0 Å². The van der Waals surface area contributed by atoms with Gasteiger partial charge in [0.25, 0.3) is 0 Å². The Kier molecular flexibility index (Phi) is 9.78. The number of benzene rings is 2. The van der Waals surface area contributed by atoms with Crippen LogP contribution in [0.25, 0.3) is 0 Å². The van der Waals surface area contributed by atoms with Crippen molar-refractivity contribution in [2.45, 2.75) is 66.0 Å². The molecule has 2 rings (SSSR count). The van der Waals surface area contributed by atoms with Crippen LogP contribution in [0.4, 0.5) is 0 Å². The fraction of sp³-hybridized carbons (Fsp3) is 0.500. The van der Waals surface area contributed by atoms with Crippen molar-refractivity contribution in [2.75, 3.05) is 13.2 Å². The van der Waals surface area contributed by atoms with E-state index in [1.807, 2.05) is 13.0 Å². The van der Waals surface area contributed by atoms with E-state index < -0.39 is 0 Å². The average molecular weight is 370 g/mol. The summed E-state index contributed by atoms with van der Waals surface area (Å²) in [5, 5.41) is 3.54. The Hall–Kier alpha value is -2.00. The van der Waals surface area contributed by atoms with E-state index in [-0.39, 0.29) is 0 Å². The molecule has 1 N–H and O–H groups in total. The molecule has 0 unspecified atom stereocenters. The van der Waals surface area contributed by atoms with Crippen LogP contribution in [0.15, 0.2) is 42.5 Å². The molecule has 0 aromatic heterocycles. The smallest absolute Gasteiger partial charge is 0.161 e. The predicted octanol–water partition coefficient (Wildman–Crippen LogP) is 6.03. The first-order valence-corrected chi connectivity index (χ1v) is 10.4. The Balaban J connectivity index is 1.85. The largest absolute Gasteiger partial charge is 0.490 e. The lowest BCUT2D eigenvalue weighted by atomic mass is 10.1. The predicted molar refractivity (Wildman–Crippen MR) is 114 cm³/mol. The number of nitrogens with one attached hydrogen (secondary N) is 1. The van der Waals surface area contributed by atoms with Crippen molar-refractivity contribution in [1.82, 2.24) is 5.32 Å². The van der Waals surface area contributed by atoms with Gasteiger partial charge >= 0.3 is 0 Å². The quantitative estimate of drug-likeness (QED) is 0.437. The maximum atomic E-state index is 6.02. The van der Waals surface area contributed by atoms with Gasteiger partial charge in [-0.15, -0.1) is 0 Å². The molecule has 0 atom stereocenters. The van der Waals surface area contributed by atoms with Crippen molar-refractivity contribution in [3.05, 3.63) is 59.2 Å². The van der Waals surface area contributed by atoms with Gasteiger partial charge in [-0.3, -0.25) is 0 Å². The van der Waals surface area contributed by atoms with E-state index in [1.165, 1.54) is 48.8 Å². The minimum atomic E-state index is 0.553. The summed E-state index contributed by atoms with van der Waals surface area (Å²) in [6.07, 6.45) is 6.56. The number of unbranched alkanes of at least 4 members (excludes halogenated alkanes) is 4. The molecule has 0 amide bonds. The van der Waals surface area contributed by atoms with E-state index in [2.05, 4.69) is 55.6 Å². The summed E-state index contributed by atoms with van der Waals surface area (Å²) in [7, 11) is 0. The molecule has 0 aliphatic rings. The summed E-state index contributed by atoms with van der Waals surface area (Å²) in [5.41, 5.74) is 3.65. The first kappa shape index (κ1) is 21.3. The van der Waals surface area contributed by atoms with Gasteiger partial charge < -0.3 is 14.8 Å². The second-order valence-corrected chi connectivity index (χ2v) is 7.08. The summed E-state index contributed by atoms with van der Waals surface area (Å²) in [6, 6.07) is 14.6. The number of rotatable bonds is 13. The van der Waals surface area contributed by atoms with E-state index in [0.29, 0.717) is 13.2 Å². The Bertz CT molecular complexity index is 669. The normalized spacial score (nSPS) is 10.8. The zero-order valence-electron chi connectivity index (χ0n) is 17.2. The topological polar surface area (TPSA) is 30.5 Å². The molecule has 0 aliphatic carbocycles. The molecule has 148 valence electrons. The summed E-state index contributed by atoms with van der Waals surface area (Å²) in [5.74, 6) is 1.63. The molecule has 27 heavy (non-hydrogen) atoms. The summed E-state index contributed by atoms with van der Waals surface area (Å²) >= 11 is 0. The van der Waals surface area contributed by atoms with Crippen molar-refractivity contribution in [1.29, 1.82) is 0 Å². The third kappa shape index (κ3) is 8.04. The van der Waals surface area contributed by atoms with Gasteiger partial charge in [-0.05, 0) is 50.1 Å². The lowest BCUT2D eigenvalue weighted by Crippen LogP contribution is -2.14. The van der Waals surface area contributed by atoms with Crippen LogP contribution in [0.5, 0.6) is 11.5 Å². The standard InChI is InChI=1S/C24H35NO2/c1-4-6-7-8-9-15-25-18-21-13-14-23(24(17-21)26-5-2)27-19-22-12-10-11-20(3)16-22/h10-14,16-17,25H,4-9,15,18-19H2,1-3H3. The van der Waals surface area contributed by atoms with Crippen LogP contribution in [0.2, 0.25) is 0 Å². The van der Waals surface area contributed by atoms with E-state index in [0.717, 1.165) is 24.6 Å². The zero-order valence-corrected chi connectivity index (χ0v) is 17.2. The molecule has 2 aromatic rings. The van der Waals surface area contributed by atoms with Crippen LogP contribution in [0, 0.1) is 6.92 Å². The highest BCUT2D eigenvalue weighted by atomic mass is 16.5. The van der Waals surface area contributed by atoms with Crippen molar-refractivity contribution in [3.63, 3.8) is 0 Å². The minimum absolute atomic E-state index is 0.553. The molecule has 0 radical (unpaired) electrons. The Morgan fingerprint density at radius 3 is 2.44 bits per heavy atom. The monoisotopic (exact) mass is 369 g/mol. The third-order valence-corrected chi connectivity index (χ3v) is 4.57. The Morgan fingerprint density at radius 1 is 0.815 bits per heavy atom. The molecule has 0 spiro atoms. The molecular weight excluding hydrogens is 334 g/mol. The Labute approximate surface area is 165 Å². The molecule has 0 aliphatic heterocycles. The van der Waals surface area contributed by atoms with E-state index in [9.17, 15) is 0 Å². The van der Waals surface area contributed by atoms with Gasteiger partial charge in [0.15, 0.2) is 11.5 Å². The van der Waals surface area contributed by atoms with Gasteiger partial charge in [0.1, 0.15) is 6.61 Å². The number of aryl methyl sites for hydroxylation is 1. The summed E-state index contributed by atoms with van der Waals surface area (Å²) in [4.78, 5) is 0. The molecule has 0 saturated carbocycles. The van der Waals surface area contributed by atoms with Crippen molar-refractivity contribution >= 4 is 0 Å². The van der Waals surface area contributed by atoms with Crippen LogP contribution in [0.3, 0.4) is 0 Å². The van der Waals surface area contributed by atoms with Crippen LogP contribution in [-0.2, 0) is 13.2 Å². The highest BCUT2D eigenvalue weighted by Crippen LogP contribution is 2.29. The highest BCUT2D eigenvalue weighted by molar-refractivity contribution is 5.43. The number of hydrogen-bond acceptors (Lipinski definition) is 3. The van der Waals surface area contributed by atoms with Gasteiger partial charge in [-0.25, -0.2) is 0 Å². The first-order chi connectivity index (χ1) is 13.2. The lowest BCUT2D eigenvalue weighted by molar-refractivity contribution is 0.269. The van der Waals surface area contributed by atoms with Gasteiger partial charge in [-0.1, -0.05) is 68.5 Å². The highest BCUT2D eigenvalue weighted by Gasteiger charge is 2.07. The maximum absolute atomic E-state index is 6.02. The van der Waals surface area contributed by atoms with Crippen molar-refractivity contribution in [3.8, 4) is 11.5 Å². The van der Waals surface area contributed by atoms with E-state index >= 15 is 0 Å². The van der Waals surface area contributed by atoms with Gasteiger partial charge in [0.2, 0.25) is 0 Å². The average Bonchev–Trinajstić information content (AvgIpc) is 2.67. The summed E-state index contributed by atoms with van der Waals surface area (Å²) in [6.45, 7) is 9.48. The molecule has 3 nitrogen and oxygen atoms in total. The van der Waals surface area contributed by atoms with Gasteiger partial charge in [0.05, 0.1) is 6.61 Å². The lowest BCUT2D eigenvalue weighted by Gasteiger charge is -2.14. The second kappa shape index (κ2) is 12.4. The van der Waals surface area contributed by atoms with Gasteiger partial charge in [-0.2, -0.15) is 0 Å². The molecule has 0 bridgehead atoms. The third-order valence-electron chi connectivity index (χ3n) is 4.57. The Morgan fingerprint density at radius 2 is 1.67 bits per heavy atom. The van der Waals surface area contributed by atoms with Crippen molar-refractivity contribution < 1.29 is 9.47 Å². The molecular formula is C24H35NO2. The first-order valence-electron chi connectivity index (χ1n) is 10.4. The molecule has 0 heterocycles. The number of ether oxygens (including phenoxy) is 2. The van der Waals surface area contributed by atoms with Gasteiger partial charge in [0, 0.05) is 6.54 Å².